The second-order valence-electron chi connectivity index (χ2n) is 8.84. The van der Waals surface area contributed by atoms with Gasteiger partial charge in [-0.15, -0.1) is 0 Å². The van der Waals surface area contributed by atoms with Crippen LogP contribution in [0.5, 0.6) is 0 Å². The first-order valence-electron chi connectivity index (χ1n) is 11.8. The van der Waals surface area contributed by atoms with Crippen LogP contribution in [0.4, 0.5) is 11.4 Å². The molecule has 0 aromatic heterocycles. The number of benzene rings is 4. The van der Waals surface area contributed by atoms with Gasteiger partial charge < -0.3 is 10.4 Å². The van der Waals surface area contributed by atoms with E-state index >= 15 is 0 Å². The third kappa shape index (κ3) is 5.08. The number of amides is 1. The van der Waals surface area contributed by atoms with Crippen LogP contribution in [-0.2, 0) is 16.4 Å². The molecule has 0 radical (unpaired) electrons. The molecule has 0 saturated heterocycles. The highest BCUT2D eigenvalue weighted by atomic mass is 35.5. The number of carbonyl (C=O) groups excluding carboxylic acids is 1. The molecule has 10 heteroatoms. The average Bonchev–Trinajstić information content (AvgIpc) is 3.37. The summed E-state index contributed by atoms with van der Waals surface area (Å²) in [6.45, 7) is 0.252. The molecule has 4 aromatic rings. The predicted octanol–water partition coefficient (Wildman–Crippen LogP) is 5.58. The van der Waals surface area contributed by atoms with Gasteiger partial charge in [-0.1, -0.05) is 35.9 Å². The molecule has 5 rings (SSSR count). The van der Waals surface area contributed by atoms with Crippen molar-refractivity contribution in [3.63, 3.8) is 0 Å². The Morgan fingerprint density at radius 2 is 1.69 bits per heavy atom. The highest BCUT2D eigenvalue weighted by Gasteiger charge is 2.31. The second kappa shape index (κ2) is 10.3. The molecule has 8 nitrogen and oxygen atoms in total. The molecular weight excluding hydrogens is 538 g/mol. The molecule has 4 aromatic carbocycles. The first-order valence-corrected chi connectivity index (χ1v) is 13.6. The second-order valence-corrected chi connectivity index (χ2v) is 11.1. The Kier molecular flexibility index (Phi) is 6.83. The maximum atomic E-state index is 13.4. The Morgan fingerprint density at radius 1 is 0.949 bits per heavy atom. The summed E-state index contributed by atoms with van der Waals surface area (Å²) in [4.78, 5) is 25.0. The van der Waals surface area contributed by atoms with Crippen LogP contribution in [0.25, 0.3) is 11.1 Å². The van der Waals surface area contributed by atoms with E-state index in [9.17, 15) is 23.1 Å². The van der Waals surface area contributed by atoms with E-state index in [1.165, 1.54) is 40.7 Å². The zero-order valence-corrected chi connectivity index (χ0v) is 21.8. The lowest BCUT2D eigenvalue weighted by molar-refractivity contribution is 0.0698. The number of carboxylic acid groups (broad SMARTS) is 1. The van der Waals surface area contributed by atoms with Crippen molar-refractivity contribution in [1.82, 2.24) is 0 Å². The van der Waals surface area contributed by atoms with Gasteiger partial charge in [0.05, 0.1) is 33.5 Å². The highest BCUT2D eigenvalue weighted by molar-refractivity contribution is 7.92. The van der Waals surface area contributed by atoms with E-state index in [2.05, 4.69) is 5.32 Å². The Balaban J connectivity index is 1.41. The maximum absolute atomic E-state index is 13.4. The van der Waals surface area contributed by atoms with Gasteiger partial charge in [0, 0.05) is 17.1 Å². The average molecular weight is 558 g/mol. The quantitative estimate of drug-likeness (QED) is 0.318. The number of nitrogens with one attached hydrogen (secondary N) is 1. The molecule has 0 unspecified atom stereocenters. The molecule has 39 heavy (non-hydrogen) atoms. The molecule has 1 aliphatic rings. The molecule has 0 saturated carbocycles. The molecule has 194 valence electrons. The number of carbonyl (C=O) groups is 2. The number of hydrogen-bond donors (Lipinski definition) is 2. The van der Waals surface area contributed by atoms with Gasteiger partial charge in [0.25, 0.3) is 15.9 Å². The van der Waals surface area contributed by atoms with Gasteiger partial charge in [-0.05, 0) is 83.8 Å². The van der Waals surface area contributed by atoms with E-state index in [4.69, 9.17) is 16.9 Å². The van der Waals surface area contributed by atoms with Gasteiger partial charge in [0.15, 0.2) is 0 Å². The summed E-state index contributed by atoms with van der Waals surface area (Å²) >= 11 is 6.05. The van der Waals surface area contributed by atoms with Crippen LogP contribution < -0.4 is 9.62 Å². The molecule has 1 amide bonds. The lowest BCUT2D eigenvalue weighted by Gasteiger charge is -2.20. The van der Waals surface area contributed by atoms with Crippen LogP contribution in [0, 0.1) is 11.3 Å². The number of hydrogen-bond acceptors (Lipinski definition) is 5. The van der Waals surface area contributed by atoms with Gasteiger partial charge in [-0.2, -0.15) is 5.26 Å². The summed E-state index contributed by atoms with van der Waals surface area (Å²) in [5.74, 6) is -1.90. The number of halogens is 1. The summed E-state index contributed by atoms with van der Waals surface area (Å²) in [5, 5.41) is 21.9. The fourth-order valence-corrected chi connectivity index (χ4v) is 6.20. The van der Waals surface area contributed by atoms with Crippen molar-refractivity contribution in [2.24, 2.45) is 0 Å². The number of aromatic carboxylic acids is 1. The van der Waals surface area contributed by atoms with Crippen molar-refractivity contribution in [2.75, 3.05) is 16.2 Å². The number of sulfonamides is 1. The van der Waals surface area contributed by atoms with Crippen molar-refractivity contribution < 1.29 is 23.1 Å². The first kappa shape index (κ1) is 26.0. The minimum Gasteiger partial charge on any atom is -0.478 e. The lowest BCUT2D eigenvalue weighted by Crippen LogP contribution is -2.29. The molecule has 1 aliphatic heterocycles. The van der Waals surface area contributed by atoms with E-state index in [0.29, 0.717) is 33.8 Å². The van der Waals surface area contributed by atoms with Crippen LogP contribution >= 0.6 is 11.6 Å². The number of nitriles is 1. The summed E-state index contributed by atoms with van der Waals surface area (Å²) < 4.78 is 28.2. The fraction of sp³-hybridized carbons (Fsp3) is 0.0690. The van der Waals surface area contributed by atoms with Crippen molar-refractivity contribution >= 4 is 44.9 Å². The normalized spacial score (nSPS) is 12.5. The van der Waals surface area contributed by atoms with Crippen molar-refractivity contribution in [3.05, 3.63) is 112 Å². The molecule has 0 aliphatic carbocycles. The third-order valence-electron chi connectivity index (χ3n) is 6.42. The van der Waals surface area contributed by atoms with Crippen LogP contribution in [0.2, 0.25) is 5.02 Å². The SMILES string of the molecule is N#Cc1ccc(-c2ccc(NC(=O)c3cccc(S(=O)(=O)N4CCc5cc(Cl)ccc54)c3)c(C(=O)O)c2)cc1. The molecule has 0 bridgehead atoms. The van der Waals surface area contributed by atoms with E-state index < -0.39 is 21.9 Å². The Hall–Kier alpha value is -4.65. The molecule has 0 atom stereocenters. The minimum atomic E-state index is -3.96. The highest BCUT2D eigenvalue weighted by Crippen LogP contribution is 2.35. The molecule has 1 heterocycles. The minimum absolute atomic E-state index is 0.0547. The van der Waals surface area contributed by atoms with Crippen LogP contribution in [0.15, 0.2) is 89.8 Å². The standard InChI is InChI=1S/C29H20ClN3O5S/c30-23-9-11-27-21(14-23)12-13-33(27)39(37,38)24-3-1-2-22(15-24)28(34)32-26-10-8-20(16-25(26)29(35)36)19-6-4-18(17-31)5-7-19/h1-11,14-16H,12-13H2,(H,32,34)(H,35,36). The third-order valence-corrected chi connectivity index (χ3v) is 8.47. The Labute approximate surface area is 229 Å². The summed E-state index contributed by atoms with van der Waals surface area (Å²) in [6, 6.07) is 23.9. The Morgan fingerprint density at radius 3 is 2.41 bits per heavy atom. The van der Waals surface area contributed by atoms with E-state index in [1.54, 1.807) is 48.5 Å². The smallest absolute Gasteiger partial charge is 0.337 e. The number of carboxylic acids is 1. The lowest BCUT2D eigenvalue weighted by atomic mass is 10.0. The summed E-state index contributed by atoms with van der Waals surface area (Å²) in [6.07, 6.45) is 0.520. The van der Waals surface area contributed by atoms with Crippen LogP contribution in [0.3, 0.4) is 0 Å². The molecule has 2 N–H and O–H groups in total. The number of fused-ring (bicyclic) bond motifs is 1. The topological polar surface area (TPSA) is 128 Å². The van der Waals surface area contributed by atoms with E-state index in [1.807, 2.05) is 6.07 Å². The molecular formula is C29H20ClN3O5S. The Bertz CT molecular complexity index is 1780. The fourth-order valence-electron chi connectivity index (χ4n) is 4.46. The van der Waals surface area contributed by atoms with Crippen LogP contribution in [-0.4, -0.2) is 31.9 Å². The summed E-state index contributed by atoms with van der Waals surface area (Å²) in [7, 11) is -3.96. The van der Waals surface area contributed by atoms with Gasteiger partial charge >= 0.3 is 5.97 Å². The van der Waals surface area contributed by atoms with Gasteiger partial charge in [0.1, 0.15) is 0 Å². The van der Waals surface area contributed by atoms with Crippen molar-refractivity contribution in [1.29, 1.82) is 5.26 Å². The van der Waals surface area contributed by atoms with Gasteiger partial charge in [-0.3, -0.25) is 9.10 Å². The number of nitrogens with zero attached hydrogens (tertiary/aromatic N) is 2. The zero-order chi connectivity index (χ0) is 27.7. The first-order chi connectivity index (χ1) is 18.7. The maximum Gasteiger partial charge on any atom is 0.337 e. The predicted molar refractivity (Wildman–Crippen MR) is 148 cm³/mol. The molecule has 0 fully saturated rings. The monoisotopic (exact) mass is 557 g/mol. The molecule has 0 spiro atoms. The van der Waals surface area contributed by atoms with E-state index in [-0.39, 0.29) is 28.3 Å². The van der Waals surface area contributed by atoms with Gasteiger partial charge in [-0.25, -0.2) is 13.2 Å². The van der Waals surface area contributed by atoms with Crippen LogP contribution in [0.1, 0.15) is 31.8 Å². The van der Waals surface area contributed by atoms with Gasteiger partial charge in [0.2, 0.25) is 0 Å². The largest absolute Gasteiger partial charge is 0.478 e. The summed E-state index contributed by atoms with van der Waals surface area (Å²) in [5.41, 5.74) is 3.12. The van der Waals surface area contributed by atoms with Crippen molar-refractivity contribution in [2.45, 2.75) is 11.3 Å². The van der Waals surface area contributed by atoms with Crippen molar-refractivity contribution in [3.8, 4) is 17.2 Å². The zero-order valence-electron chi connectivity index (χ0n) is 20.3. The van der Waals surface area contributed by atoms with E-state index in [0.717, 1.165) is 5.56 Å². The number of rotatable bonds is 6. The number of anilines is 2.